The van der Waals surface area contributed by atoms with Crippen molar-refractivity contribution in [2.45, 2.75) is 292 Å². The maximum atomic E-state index is 14.2. The van der Waals surface area contributed by atoms with Crippen LogP contribution in [0, 0.1) is 17.8 Å². The Bertz CT molecular complexity index is 2990. The molecule has 0 aromatic carbocycles. The number of carboxylic acid groups (broad SMARTS) is 1. The molecule has 0 aliphatic carbocycles. The summed E-state index contributed by atoms with van der Waals surface area (Å²) >= 11 is 0. The number of carboxylic acids is 1. The predicted molar refractivity (Wildman–Crippen MR) is 391 cm³/mol. The molecule has 36 nitrogen and oxygen atoms in total. The van der Waals surface area contributed by atoms with E-state index in [0.717, 1.165) is 0 Å². The first-order valence-electron chi connectivity index (χ1n) is 38.7. The molecular formula is C75H123N7O29. The zero-order valence-electron chi connectivity index (χ0n) is 66.9. The summed E-state index contributed by atoms with van der Waals surface area (Å²) in [4.78, 5) is 190. The molecule has 3 aliphatic rings. The van der Waals surface area contributed by atoms with Crippen molar-refractivity contribution in [1.29, 1.82) is 0 Å². The van der Waals surface area contributed by atoms with Gasteiger partial charge in [-0.15, -0.1) is 0 Å². The number of nitrogens with zero attached hydrogens (tertiary/aromatic N) is 2. The number of carbonyl (C=O) groups is 15. The molecule has 6 N–H and O–H groups in total. The first-order valence-corrected chi connectivity index (χ1v) is 38.7. The highest BCUT2D eigenvalue weighted by atomic mass is 16.7. The van der Waals surface area contributed by atoms with Gasteiger partial charge in [0.25, 0.3) is 5.91 Å². The van der Waals surface area contributed by atoms with Crippen molar-refractivity contribution in [3.05, 3.63) is 0 Å². The predicted octanol–water partition coefficient (Wildman–Crippen LogP) is 3.44. The van der Waals surface area contributed by atoms with Crippen molar-refractivity contribution < 1.29 is 139 Å². The van der Waals surface area contributed by atoms with E-state index in [9.17, 15) is 77.0 Å². The average Bonchev–Trinajstić information content (AvgIpc) is 0.807. The van der Waals surface area contributed by atoms with Crippen LogP contribution in [0.2, 0.25) is 0 Å². The lowest BCUT2D eigenvalue weighted by Gasteiger charge is -2.44. The van der Waals surface area contributed by atoms with E-state index in [1.54, 1.807) is 32.6 Å². The van der Waals surface area contributed by atoms with Gasteiger partial charge in [0.15, 0.2) is 25.0 Å². The Balaban J connectivity index is 1.68. The fourth-order valence-electron chi connectivity index (χ4n) is 13.1. The topological polar surface area (TPSA) is 463 Å². The lowest BCUT2D eigenvalue weighted by atomic mass is 9.88. The van der Waals surface area contributed by atoms with Gasteiger partial charge in [-0.3, -0.25) is 71.9 Å². The maximum Gasteiger partial charge on any atom is 0.307 e. The number of esters is 7. The monoisotopic (exact) mass is 1590 g/mol. The molecule has 7 amide bonds. The number of ether oxygens (including phenoxy) is 13. The van der Waals surface area contributed by atoms with Crippen molar-refractivity contribution in [3.63, 3.8) is 0 Å². The number of rotatable bonds is 52. The second-order valence-electron chi connectivity index (χ2n) is 28.2. The summed E-state index contributed by atoms with van der Waals surface area (Å²) in [7, 11) is 0. The molecule has 3 saturated heterocycles. The van der Waals surface area contributed by atoms with Crippen molar-refractivity contribution >= 4 is 89.1 Å². The summed E-state index contributed by atoms with van der Waals surface area (Å²) in [5, 5.41) is 23.5. The summed E-state index contributed by atoms with van der Waals surface area (Å²) in [5.74, 6) is -9.33. The minimum Gasteiger partial charge on any atom is -0.481 e. The summed E-state index contributed by atoms with van der Waals surface area (Å²) in [5.41, 5.74) is 0. The van der Waals surface area contributed by atoms with Crippen LogP contribution in [0.5, 0.6) is 0 Å². The minimum atomic E-state index is -1.24. The molecule has 3 heterocycles. The van der Waals surface area contributed by atoms with Crippen LogP contribution < -0.4 is 26.6 Å². The van der Waals surface area contributed by atoms with E-state index < -0.39 is 164 Å². The van der Waals surface area contributed by atoms with Crippen molar-refractivity contribution in [2.24, 2.45) is 17.8 Å². The standard InChI is InChI=1S/C75H123N7O29/c1-14-57(108-65(97)32-31-64(95)96)72(98)82(38-27-34-77-62(93)29-19-16-24-40-100-74-67(79-49(6)84)46(3)70(106-55(12)90)59(110-74)43-103-52(9)87)36-22-21-35-81(63(94)30-20-17-25-41-101-75-68(80-50(7)85)47(4)71(107-56(13)91)60(111-75)44-104-53(10)88)37-26-33-76-61(92)28-18-15-23-39-99-73-66(78-48(5)83)45(2)69(105-54(11)89)58(109-73)42-102-51(8)86/h45-47,57-60,66-71,73-75H,14-44H2,1-13H3,(H,76,92)(H,77,93)(H,78,83)(H,79,84)(H,80,85)(H,95,96)/t45-,46-,47-,57?,58?,59?,60?,66?,67?,68?,69-,70-,71-,73-,74-,75-/m1/s1. The number of carbonyl (C=O) groups excluding carboxylic acids is 14. The van der Waals surface area contributed by atoms with Gasteiger partial charge in [0, 0.05) is 158 Å². The molecule has 0 radical (unpaired) electrons. The van der Waals surface area contributed by atoms with E-state index in [2.05, 4.69) is 26.6 Å². The SMILES string of the molecule is CCC(OC(=O)CCC(=O)O)C(=O)N(CCCCN(CCCNC(=O)CCCCCO[C@@H]1OC(COC(C)=O)[C@H](OC(C)=O)[C@H](C)C1NC(C)=O)C(=O)CCCCCO[C@@H]1OC(COC(C)=O)[C@H](OC(C)=O)[C@H](C)C1NC(C)=O)CCCNC(=O)CCCCCO[C@@H]1OC(COC(C)=O)[C@H](OC(C)=O)[C@H](C)C1NC(C)=O. The van der Waals surface area contributed by atoms with Crippen molar-refractivity contribution in [3.8, 4) is 0 Å². The van der Waals surface area contributed by atoms with Gasteiger partial charge in [-0.2, -0.15) is 0 Å². The minimum absolute atomic E-state index is 0.0796. The normalized spacial score (nSPS) is 23.7. The third-order valence-electron chi connectivity index (χ3n) is 18.6. The maximum absolute atomic E-state index is 14.2. The van der Waals surface area contributed by atoms with Gasteiger partial charge in [-0.25, -0.2) is 0 Å². The van der Waals surface area contributed by atoms with E-state index >= 15 is 0 Å². The number of hydrogen-bond donors (Lipinski definition) is 6. The van der Waals surface area contributed by atoms with Crippen LogP contribution in [0.3, 0.4) is 0 Å². The molecule has 0 bridgehead atoms. The molecule has 16 atom stereocenters. The van der Waals surface area contributed by atoms with Crippen LogP contribution in [0.25, 0.3) is 0 Å². The lowest BCUT2D eigenvalue weighted by molar-refractivity contribution is -0.262. The molecule has 7 unspecified atom stereocenters. The Hall–Kier alpha value is -8.19. The molecule has 0 spiro atoms. The van der Waals surface area contributed by atoms with Crippen LogP contribution in [0.4, 0.5) is 0 Å². The van der Waals surface area contributed by atoms with E-state index in [1.807, 2.05) is 0 Å². The molecule has 111 heavy (non-hydrogen) atoms. The van der Waals surface area contributed by atoms with Gasteiger partial charge in [0.05, 0.1) is 31.0 Å². The average molecular weight is 1590 g/mol. The Kier molecular flexibility index (Phi) is 46.3. The summed E-state index contributed by atoms with van der Waals surface area (Å²) in [6, 6.07) is -2.17. The molecule has 3 fully saturated rings. The summed E-state index contributed by atoms with van der Waals surface area (Å²) in [6.45, 7) is 19.3. The molecule has 0 aromatic heterocycles. The van der Waals surface area contributed by atoms with Gasteiger partial charge < -0.3 is 103 Å². The Morgan fingerprint density at radius 2 is 0.730 bits per heavy atom. The van der Waals surface area contributed by atoms with Gasteiger partial charge in [-0.1, -0.05) is 47.0 Å². The first-order chi connectivity index (χ1) is 52.6. The van der Waals surface area contributed by atoms with Crippen molar-refractivity contribution in [1.82, 2.24) is 36.4 Å². The highest BCUT2D eigenvalue weighted by molar-refractivity contribution is 5.85. The number of unbranched alkanes of at least 4 members (excludes halogenated alkanes) is 7. The van der Waals surface area contributed by atoms with E-state index in [0.29, 0.717) is 83.5 Å². The number of aliphatic carboxylic acids is 1. The molecule has 36 heteroatoms. The van der Waals surface area contributed by atoms with Gasteiger partial charge >= 0.3 is 47.8 Å². The molecule has 632 valence electrons. The third-order valence-corrected chi connectivity index (χ3v) is 18.6. The van der Waals surface area contributed by atoms with E-state index in [-0.39, 0.29) is 140 Å². The van der Waals surface area contributed by atoms with Gasteiger partial charge in [-0.05, 0) is 70.6 Å². The van der Waals surface area contributed by atoms with Crippen LogP contribution in [-0.2, 0) is 133 Å². The zero-order valence-corrected chi connectivity index (χ0v) is 66.9. The molecule has 3 aliphatic heterocycles. The molecular weight excluding hydrogens is 1460 g/mol. The van der Waals surface area contributed by atoms with Gasteiger partial charge in [0.2, 0.25) is 35.4 Å². The highest BCUT2D eigenvalue weighted by Crippen LogP contribution is 2.33. The number of amides is 7. The highest BCUT2D eigenvalue weighted by Gasteiger charge is 2.50. The Morgan fingerprint density at radius 3 is 1.05 bits per heavy atom. The molecule has 0 aromatic rings. The fraction of sp³-hybridized carbons (Fsp3) is 0.800. The quantitative estimate of drug-likeness (QED) is 0.0288. The van der Waals surface area contributed by atoms with E-state index in [4.69, 9.17) is 61.6 Å². The van der Waals surface area contributed by atoms with Gasteiger partial charge in [0.1, 0.15) is 56.4 Å². The van der Waals surface area contributed by atoms with Crippen LogP contribution >= 0.6 is 0 Å². The third kappa shape index (κ3) is 38.7. The number of hydrogen-bond acceptors (Lipinski definition) is 28. The number of nitrogens with one attached hydrogen (secondary N) is 5. The largest absolute Gasteiger partial charge is 0.481 e. The van der Waals surface area contributed by atoms with E-state index in [1.165, 1.54) is 67.2 Å². The molecule has 3 rings (SSSR count). The fourth-order valence-corrected chi connectivity index (χ4v) is 13.1. The van der Waals surface area contributed by atoms with Crippen molar-refractivity contribution in [2.75, 3.05) is 78.9 Å². The zero-order chi connectivity index (χ0) is 82.7. The summed E-state index contributed by atoms with van der Waals surface area (Å²) in [6.07, 6.45) is -3.81. The summed E-state index contributed by atoms with van der Waals surface area (Å²) < 4.78 is 74.4. The van der Waals surface area contributed by atoms with Crippen LogP contribution in [0.1, 0.15) is 212 Å². The van der Waals surface area contributed by atoms with Crippen LogP contribution in [0.15, 0.2) is 0 Å². The Labute approximate surface area is 650 Å². The second-order valence-corrected chi connectivity index (χ2v) is 28.2. The van der Waals surface area contributed by atoms with Crippen LogP contribution in [-0.4, -0.2) is 263 Å². The second kappa shape index (κ2) is 52.9. The lowest BCUT2D eigenvalue weighted by Crippen LogP contribution is -2.62. The molecule has 0 saturated carbocycles. The Morgan fingerprint density at radius 1 is 0.396 bits per heavy atom. The smallest absolute Gasteiger partial charge is 0.307 e. The first kappa shape index (κ1) is 97.0.